The van der Waals surface area contributed by atoms with E-state index in [0.717, 1.165) is 16.1 Å². The van der Waals surface area contributed by atoms with Crippen molar-refractivity contribution in [3.63, 3.8) is 0 Å². The number of nitrogens with one attached hydrogen (secondary N) is 1. The maximum Gasteiger partial charge on any atom is 0.227 e. The number of benzene rings is 1. The number of aryl methyl sites for hydroxylation is 2. The maximum atomic E-state index is 12.4. The summed E-state index contributed by atoms with van der Waals surface area (Å²) in [5.41, 5.74) is 3.13. The van der Waals surface area contributed by atoms with E-state index in [2.05, 4.69) is 5.32 Å². The summed E-state index contributed by atoms with van der Waals surface area (Å²) in [6, 6.07) is 9.59. The van der Waals surface area contributed by atoms with E-state index < -0.39 is 6.10 Å². The molecule has 0 spiro atoms. The van der Waals surface area contributed by atoms with Crippen LogP contribution < -0.4 is 10.2 Å². The van der Waals surface area contributed by atoms with Gasteiger partial charge in [0.1, 0.15) is 6.10 Å². The van der Waals surface area contributed by atoms with Gasteiger partial charge in [-0.25, -0.2) is 0 Å². The van der Waals surface area contributed by atoms with Gasteiger partial charge in [-0.05, 0) is 48.6 Å². The van der Waals surface area contributed by atoms with Gasteiger partial charge in [0.05, 0.1) is 5.92 Å². The zero-order valence-electron chi connectivity index (χ0n) is 14.4. The molecule has 0 unspecified atom stereocenters. The molecule has 5 nitrogen and oxygen atoms in total. The smallest absolute Gasteiger partial charge is 0.227 e. The number of hydrogen-bond acceptors (Lipinski definition) is 4. The Morgan fingerprint density at radius 3 is 2.84 bits per heavy atom. The molecule has 0 aliphatic carbocycles. The molecule has 2 amide bonds. The van der Waals surface area contributed by atoms with Crippen LogP contribution in [0.2, 0.25) is 0 Å². The summed E-state index contributed by atoms with van der Waals surface area (Å²) in [4.78, 5) is 27.2. The SMILES string of the molecule is Cc1ccc(N2C[C@@H](C(=O)NC[C@@H](O)c3cccs3)CC2=O)cc1C. The molecule has 1 aromatic carbocycles. The highest BCUT2D eigenvalue weighted by molar-refractivity contribution is 7.10. The van der Waals surface area contributed by atoms with Crippen LogP contribution in [0.3, 0.4) is 0 Å². The van der Waals surface area contributed by atoms with E-state index in [4.69, 9.17) is 0 Å². The third-order valence-corrected chi connectivity index (χ3v) is 5.61. The maximum absolute atomic E-state index is 12.4. The van der Waals surface area contributed by atoms with Gasteiger partial charge in [-0.3, -0.25) is 9.59 Å². The van der Waals surface area contributed by atoms with E-state index in [0.29, 0.717) is 6.54 Å². The number of thiophene rings is 1. The second kappa shape index (κ2) is 7.37. The highest BCUT2D eigenvalue weighted by atomic mass is 32.1. The minimum absolute atomic E-state index is 0.0396. The average Bonchev–Trinajstić information content (AvgIpc) is 3.24. The van der Waals surface area contributed by atoms with Crippen molar-refractivity contribution < 1.29 is 14.7 Å². The summed E-state index contributed by atoms with van der Waals surface area (Å²) in [6.07, 6.45) is -0.509. The van der Waals surface area contributed by atoms with Gasteiger partial charge < -0.3 is 15.3 Å². The Kier molecular flexibility index (Phi) is 5.20. The van der Waals surface area contributed by atoms with Crippen LogP contribution in [-0.4, -0.2) is 30.0 Å². The zero-order valence-corrected chi connectivity index (χ0v) is 15.2. The van der Waals surface area contributed by atoms with Gasteiger partial charge in [-0.15, -0.1) is 11.3 Å². The van der Waals surface area contributed by atoms with E-state index >= 15 is 0 Å². The number of amides is 2. The molecule has 0 radical (unpaired) electrons. The Hall–Kier alpha value is -2.18. The number of aliphatic hydroxyl groups excluding tert-OH is 1. The van der Waals surface area contributed by atoms with Crippen LogP contribution >= 0.6 is 11.3 Å². The van der Waals surface area contributed by atoms with Crippen LogP contribution in [0, 0.1) is 19.8 Å². The number of carbonyl (C=O) groups excluding carboxylic acids is 2. The normalized spacial score (nSPS) is 18.4. The van der Waals surface area contributed by atoms with Crippen molar-refractivity contribution in [2.45, 2.75) is 26.4 Å². The van der Waals surface area contributed by atoms with Crippen LogP contribution in [0.1, 0.15) is 28.5 Å². The van der Waals surface area contributed by atoms with Crippen LogP contribution in [0.15, 0.2) is 35.7 Å². The highest BCUT2D eigenvalue weighted by Gasteiger charge is 2.35. The first-order chi connectivity index (χ1) is 12.0. The third-order valence-electron chi connectivity index (χ3n) is 4.64. The van der Waals surface area contributed by atoms with Crippen molar-refractivity contribution in [1.82, 2.24) is 5.32 Å². The Morgan fingerprint density at radius 1 is 1.36 bits per heavy atom. The Morgan fingerprint density at radius 2 is 2.16 bits per heavy atom. The minimum atomic E-state index is -0.711. The summed E-state index contributed by atoms with van der Waals surface area (Å²) in [7, 11) is 0. The topological polar surface area (TPSA) is 69.6 Å². The molecule has 3 rings (SSSR count). The first-order valence-corrected chi connectivity index (χ1v) is 9.20. The van der Waals surface area contributed by atoms with E-state index in [1.54, 1.807) is 4.90 Å². The number of carbonyl (C=O) groups is 2. The number of aliphatic hydroxyl groups is 1. The van der Waals surface area contributed by atoms with Gasteiger partial charge >= 0.3 is 0 Å². The molecule has 1 aliphatic rings. The Balaban J connectivity index is 1.59. The van der Waals surface area contributed by atoms with Crippen molar-refractivity contribution in [1.29, 1.82) is 0 Å². The van der Waals surface area contributed by atoms with Crippen molar-refractivity contribution in [2.75, 3.05) is 18.0 Å². The van der Waals surface area contributed by atoms with Crippen LogP contribution in [0.25, 0.3) is 0 Å². The molecule has 2 N–H and O–H groups in total. The molecule has 1 aromatic heterocycles. The summed E-state index contributed by atoms with van der Waals surface area (Å²) >= 11 is 1.45. The van der Waals surface area contributed by atoms with Gasteiger partial charge in [-0.2, -0.15) is 0 Å². The van der Waals surface area contributed by atoms with Gasteiger partial charge in [0.2, 0.25) is 11.8 Å². The molecule has 0 saturated carbocycles. The molecular weight excluding hydrogens is 336 g/mol. The number of anilines is 1. The summed E-state index contributed by atoms with van der Waals surface area (Å²) < 4.78 is 0. The summed E-state index contributed by atoms with van der Waals surface area (Å²) in [5, 5.41) is 14.7. The first-order valence-electron chi connectivity index (χ1n) is 8.32. The third kappa shape index (κ3) is 3.91. The molecular formula is C19H22N2O3S. The van der Waals surface area contributed by atoms with E-state index in [-0.39, 0.29) is 30.7 Å². The highest BCUT2D eigenvalue weighted by Crippen LogP contribution is 2.27. The number of rotatable bonds is 5. The van der Waals surface area contributed by atoms with Crippen molar-refractivity contribution in [3.8, 4) is 0 Å². The quantitative estimate of drug-likeness (QED) is 0.863. The molecule has 2 atom stereocenters. The van der Waals surface area contributed by atoms with E-state index in [9.17, 15) is 14.7 Å². The lowest BCUT2D eigenvalue weighted by molar-refractivity contribution is -0.126. The molecule has 1 saturated heterocycles. The predicted octanol–water partition coefficient (Wildman–Crippen LogP) is 2.57. The fourth-order valence-electron chi connectivity index (χ4n) is 2.95. The van der Waals surface area contributed by atoms with Crippen LogP contribution in [0.5, 0.6) is 0 Å². The largest absolute Gasteiger partial charge is 0.386 e. The predicted molar refractivity (Wildman–Crippen MR) is 98.7 cm³/mol. The van der Waals surface area contributed by atoms with Gasteiger partial charge in [0, 0.05) is 30.1 Å². The molecule has 25 heavy (non-hydrogen) atoms. The fourth-order valence-corrected chi connectivity index (χ4v) is 3.66. The Labute approximate surface area is 151 Å². The molecule has 1 aliphatic heterocycles. The monoisotopic (exact) mass is 358 g/mol. The molecule has 2 heterocycles. The average molecular weight is 358 g/mol. The van der Waals surface area contributed by atoms with E-state index in [1.165, 1.54) is 16.9 Å². The first kappa shape index (κ1) is 17.6. The van der Waals surface area contributed by atoms with E-state index in [1.807, 2.05) is 49.6 Å². The lowest BCUT2D eigenvalue weighted by atomic mass is 10.1. The summed E-state index contributed by atoms with van der Waals surface area (Å²) in [6.45, 7) is 4.57. The second-order valence-electron chi connectivity index (χ2n) is 6.45. The second-order valence-corrected chi connectivity index (χ2v) is 7.43. The number of hydrogen-bond donors (Lipinski definition) is 2. The lowest BCUT2D eigenvalue weighted by Gasteiger charge is -2.18. The van der Waals surface area contributed by atoms with Crippen LogP contribution in [0.4, 0.5) is 5.69 Å². The van der Waals surface area contributed by atoms with Crippen molar-refractivity contribution in [2.24, 2.45) is 5.92 Å². The van der Waals surface area contributed by atoms with Crippen LogP contribution in [-0.2, 0) is 9.59 Å². The zero-order chi connectivity index (χ0) is 18.0. The van der Waals surface area contributed by atoms with Gasteiger partial charge in [0.15, 0.2) is 0 Å². The summed E-state index contributed by atoms with van der Waals surface area (Å²) in [5.74, 6) is -0.609. The molecule has 6 heteroatoms. The molecule has 132 valence electrons. The van der Waals surface area contributed by atoms with Gasteiger partial charge in [-0.1, -0.05) is 12.1 Å². The minimum Gasteiger partial charge on any atom is -0.386 e. The standard InChI is InChI=1S/C19H22N2O3S/c1-12-5-6-15(8-13(12)2)21-11-14(9-18(21)23)19(24)20-10-16(22)17-4-3-7-25-17/h3-8,14,16,22H,9-11H2,1-2H3,(H,20,24)/t14-,16+/m0/s1. The Bertz CT molecular complexity index is 773. The molecule has 1 fully saturated rings. The van der Waals surface area contributed by atoms with Crippen molar-refractivity contribution in [3.05, 3.63) is 51.7 Å². The molecule has 2 aromatic rings. The number of nitrogens with zero attached hydrogens (tertiary/aromatic N) is 1. The van der Waals surface area contributed by atoms with Crippen molar-refractivity contribution >= 4 is 28.8 Å². The fraction of sp³-hybridized carbons (Fsp3) is 0.368. The lowest BCUT2D eigenvalue weighted by Crippen LogP contribution is -2.35. The van der Waals surface area contributed by atoms with Gasteiger partial charge in [0.25, 0.3) is 0 Å². The molecule has 0 bridgehead atoms.